The first-order valence-corrected chi connectivity index (χ1v) is 8.35. The Hall–Kier alpha value is -1.89. The lowest BCUT2D eigenvalue weighted by atomic mass is 10.1. The smallest absolute Gasteiger partial charge is 0.320 e. The molecule has 0 aromatic carbocycles. The van der Waals surface area contributed by atoms with Gasteiger partial charge in [-0.3, -0.25) is 0 Å². The molecule has 0 saturated carbocycles. The third-order valence-corrected chi connectivity index (χ3v) is 4.29. The third kappa shape index (κ3) is 4.10. The lowest BCUT2D eigenvalue weighted by Crippen LogP contribution is -2.52. The molecule has 2 aliphatic rings. The van der Waals surface area contributed by atoms with Crippen molar-refractivity contribution in [2.75, 3.05) is 39.4 Å². The average Bonchev–Trinajstić information content (AvgIpc) is 2.63. The van der Waals surface area contributed by atoms with E-state index in [1.54, 1.807) is 12.4 Å². The Morgan fingerprint density at radius 1 is 1.26 bits per heavy atom. The molecule has 7 nitrogen and oxygen atoms in total. The molecule has 1 aromatic heterocycles. The minimum absolute atomic E-state index is 0.0405. The second-order valence-electron chi connectivity index (χ2n) is 5.94. The number of piperidine rings is 1. The van der Waals surface area contributed by atoms with Crippen LogP contribution >= 0.6 is 0 Å². The zero-order chi connectivity index (χ0) is 16.1. The third-order valence-electron chi connectivity index (χ3n) is 4.29. The molecule has 2 saturated heterocycles. The van der Waals surface area contributed by atoms with Gasteiger partial charge in [-0.15, -0.1) is 0 Å². The number of ether oxygens (including phenoxy) is 2. The van der Waals surface area contributed by atoms with E-state index in [1.165, 1.54) is 0 Å². The van der Waals surface area contributed by atoms with E-state index in [2.05, 4.69) is 16.9 Å². The molecule has 126 valence electrons. The van der Waals surface area contributed by atoms with Gasteiger partial charge in [-0.2, -0.15) is 0 Å². The Morgan fingerprint density at radius 2 is 2.00 bits per heavy atom. The van der Waals surface area contributed by atoms with E-state index >= 15 is 0 Å². The maximum absolute atomic E-state index is 12.5. The van der Waals surface area contributed by atoms with Crippen molar-refractivity contribution in [1.29, 1.82) is 0 Å². The molecule has 2 amide bonds. The van der Waals surface area contributed by atoms with Crippen molar-refractivity contribution in [2.45, 2.75) is 32.3 Å². The fourth-order valence-corrected chi connectivity index (χ4v) is 2.90. The van der Waals surface area contributed by atoms with Gasteiger partial charge in [0.1, 0.15) is 6.10 Å². The minimum atomic E-state index is -0.0405. The number of hydrogen-bond donors (Lipinski definition) is 0. The summed E-state index contributed by atoms with van der Waals surface area (Å²) in [5.74, 6) is 0. The molecular weight excluding hydrogens is 296 g/mol. The van der Waals surface area contributed by atoms with Crippen LogP contribution in [0.2, 0.25) is 0 Å². The lowest BCUT2D eigenvalue weighted by molar-refractivity contribution is 0.0320. The van der Waals surface area contributed by atoms with Crippen LogP contribution in [0, 0.1) is 0 Å². The minimum Gasteiger partial charge on any atom is -0.458 e. The number of aryl methyl sites for hydroxylation is 1. The van der Waals surface area contributed by atoms with Gasteiger partial charge in [0.05, 0.1) is 19.8 Å². The Balaban J connectivity index is 1.55. The molecule has 2 aliphatic heterocycles. The molecule has 0 bridgehead atoms. The molecule has 1 aromatic rings. The fourth-order valence-electron chi connectivity index (χ4n) is 2.90. The summed E-state index contributed by atoms with van der Waals surface area (Å²) in [6.45, 7) is 6.02. The van der Waals surface area contributed by atoms with E-state index in [9.17, 15) is 4.79 Å². The van der Waals surface area contributed by atoms with Crippen LogP contribution in [-0.2, 0) is 11.2 Å². The Morgan fingerprint density at radius 3 is 2.70 bits per heavy atom. The zero-order valence-electron chi connectivity index (χ0n) is 13.6. The summed E-state index contributed by atoms with van der Waals surface area (Å²) in [5.41, 5.74) is 1.09. The molecule has 2 fully saturated rings. The molecule has 1 atom stereocenters. The number of urea groups is 1. The average molecular weight is 320 g/mol. The fraction of sp³-hybridized carbons (Fsp3) is 0.688. The van der Waals surface area contributed by atoms with Gasteiger partial charge in [0.15, 0.2) is 0 Å². The quantitative estimate of drug-likeness (QED) is 0.840. The first-order valence-electron chi connectivity index (χ1n) is 8.35. The highest BCUT2D eigenvalue weighted by atomic mass is 16.5. The van der Waals surface area contributed by atoms with E-state index < -0.39 is 0 Å². The van der Waals surface area contributed by atoms with Crippen LogP contribution in [0.25, 0.3) is 0 Å². The van der Waals surface area contributed by atoms with Crippen LogP contribution in [0.3, 0.4) is 0 Å². The van der Waals surface area contributed by atoms with E-state index in [1.807, 2.05) is 9.80 Å². The molecule has 1 unspecified atom stereocenters. The summed E-state index contributed by atoms with van der Waals surface area (Å²) in [5, 5.41) is 0. The topological polar surface area (TPSA) is 67.8 Å². The predicted molar refractivity (Wildman–Crippen MR) is 84.4 cm³/mol. The number of aromatic nitrogens is 2. The van der Waals surface area contributed by atoms with E-state index in [0.717, 1.165) is 31.4 Å². The number of hydrogen-bond acceptors (Lipinski definition) is 5. The number of amides is 2. The second kappa shape index (κ2) is 7.59. The molecule has 7 heteroatoms. The lowest BCUT2D eigenvalue weighted by Gasteiger charge is -2.37. The molecule has 0 spiro atoms. The molecule has 23 heavy (non-hydrogen) atoms. The molecule has 0 radical (unpaired) electrons. The molecule has 3 rings (SSSR count). The SMILES string of the molecule is CCc1cnc(OC2CCCN(C(=O)N3CCOCC3)C2)nc1. The van der Waals surface area contributed by atoms with Gasteiger partial charge in [0.2, 0.25) is 0 Å². The van der Waals surface area contributed by atoms with Gasteiger partial charge in [-0.25, -0.2) is 14.8 Å². The van der Waals surface area contributed by atoms with Gasteiger partial charge in [-0.05, 0) is 24.8 Å². The summed E-state index contributed by atoms with van der Waals surface area (Å²) in [4.78, 5) is 24.8. The number of likely N-dealkylation sites (tertiary alicyclic amines) is 1. The zero-order valence-corrected chi connectivity index (χ0v) is 13.6. The number of carbonyl (C=O) groups excluding carboxylic acids is 1. The molecule has 0 aliphatic carbocycles. The van der Waals surface area contributed by atoms with Crippen LogP contribution in [0.15, 0.2) is 12.4 Å². The van der Waals surface area contributed by atoms with Crippen molar-refractivity contribution in [3.05, 3.63) is 18.0 Å². The van der Waals surface area contributed by atoms with Gasteiger partial charge in [0, 0.05) is 32.0 Å². The molecule has 0 N–H and O–H groups in total. The van der Waals surface area contributed by atoms with Crippen molar-refractivity contribution in [1.82, 2.24) is 19.8 Å². The van der Waals surface area contributed by atoms with Gasteiger partial charge in [0.25, 0.3) is 0 Å². The standard InChI is InChI=1S/C16H24N4O3/c1-2-13-10-17-15(18-11-13)23-14-4-3-5-20(12-14)16(21)19-6-8-22-9-7-19/h10-11,14H,2-9,12H2,1H3. The Bertz CT molecular complexity index is 517. The van der Waals surface area contributed by atoms with Crippen molar-refractivity contribution < 1.29 is 14.3 Å². The molecular formula is C16H24N4O3. The Labute approximate surface area is 136 Å². The van der Waals surface area contributed by atoms with Crippen LogP contribution < -0.4 is 4.74 Å². The highest BCUT2D eigenvalue weighted by Gasteiger charge is 2.29. The van der Waals surface area contributed by atoms with Crippen LogP contribution in [-0.4, -0.2) is 71.3 Å². The van der Waals surface area contributed by atoms with Crippen LogP contribution in [0.5, 0.6) is 6.01 Å². The number of rotatable bonds is 3. The Kier molecular flexibility index (Phi) is 5.27. The number of morpholine rings is 1. The first-order chi connectivity index (χ1) is 11.3. The monoisotopic (exact) mass is 320 g/mol. The highest BCUT2D eigenvalue weighted by Crippen LogP contribution is 2.17. The number of carbonyl (C=O) groups is 1. The molecule has 3 heterocycles. The van der Waals surface area contributed by atoms with Crippen LogP contribution in [0.1, 0.15) is 25.3 Å². The van der Waals surface area contributed by atoms with Crippen molar-refractivity contribution in [2.24, 2.45) is 0 Å². The van der Waals surface area contributed by atoms with E-state index in [4.69, 9.17) is 9.47 Å². The van der Waals surface area contributed by atoms with Crippen LogP contribution in [0.4, 0.5) is 4.79 Å². The van der Waals surface area contributed by atoms with Crippen molar-refractivity contribution in [3.8, 4) is 6.01 Å². The maximum atomic E-state index is 12.5. The summed E-state index contributed by atoms with van der Waals surface area (Å²) < 4.78 is 11.2. The van der Waals surface area contributed by atoms with E-state index in [0.29, 0.717) is 38.9 Å². The summed E-state index contributed by atoms with van der Waals surface area (Å²) >= 11 is 0. The first kappa shape index (κ1) is 16.0. The highest BCUT2D eigenvalue weighted by molar-refractivity contribution is 5.74. The largest absolute Gasteiger partial charge is 0.458 e. The normalized spacial score (nSPS) is 22.0. The predicted octanol–water partition coefficient (Wildman–Crippen LogP) is 1.33. The van der Waals surface area contributed by atoms with Gasteiger partial charge >= 0.3 is 12.0 Å². The summed E-state index contributed by atoms with van der Waals surface area (Å²) in [7, 11) is 0. The van der Waals surface area contributed by atoms with Gasteiger partial charge in [-0.1, -0.05) is 6.92 Å². The van der Waals surface area contributed by atoms with E-state index in [-0.39, 0.29) is 12.1 Å². The van der Waals surface area contributed by atoms with Crippen molar-refractivity contribution in [3.63, 3.8) is 0 Å². The summed E-state index contributed by atoms with van der Waals surface area (Å²) in [6.07, 6.45) is 6.32. The van der Waals surface area contributed by atoms with Gasteiger partial charge < -0.3 is 19.3 Å². The van der Waals surface area contributed by atoms with Crippen molar-refractivity contribution >= 4 is 6.03 Å². The summed E-state index contributed by atoms with van der Waals surface area (Å²) in [6, 6.07) is 0.483. The number of nitrogens with zero attached hydrogens (tertiary/aromatic N) is 4. The maximum Gasteiger partial charge on any atom is 0.320 e. The second-order valence-corrected chi connectivity index (χ2v) is 5.94.